The third-order valence-corrected chi connectivity index (χ3v) is 5.68. The molecule has 0 spiro atoms. The fraction of sp³-hybridized carbons (Fsp3) is 0.474. The Balaban J connectivity index is 1.64. The van der Waals surface area contributed by atoms with E-state index in [1.54, 1.807) is 37.8 Å². The number of nitrogens with zero attached hydrogens (tertiary/aromatic N) is 5. The molecule has 1 aromatic carbocycles. The number of halogens is 2. The number of carbonyl (C=O) groups excluding carboxylic acids is 1. The van der Waals surface area contributed by atoms with Gasteiger partial charge in [-0.25, -0.2) is 4.39 Å². The minimum absolute atomic E-state index is 0.0590. The maximum Gasteiger partial charge on any atom is 0.312 e. The SMILES string of the molecule is Cc1nn(C(C)C(=O)N2CCN(Cc3c(F)cccc3Cl)CC2)c(C)c1[N+](=O)[O-]. The number of piperazine rings is 1. The number of hydrogen-bond acceptors (Lipinski definition) is 5. The van der Waals surface area contributed by atoms with Crippen molar-refractivity contribution in [2.45, 2.75) is 33.4 Å². The molecule has 1 unspecified atom stereocenters. The molecule has 1 aliphatic heterocycles. The number of benzene rings is 1. The van der Waals surface area contributed by atoms with Crippen molar-refractivity contribution in [3.8, 4) is 0 Å². The van der Waals surface area contributed by atoms with Crippen LogP contribution in [0.15, 0.2) is 18.2 Å². The average Bonchev–Trinajstić information content (AvgIpc) is 2.98. The van der Waals surface area contributed by atoms with Crippen LogP contribution in [-0.4, -0.2) is 56.6 Å². The van der Waals surface area contributed by atoms with E-state index in [0.717, 1.165) is 0 Å². The highest BCUT2D eigenvalue weighted by atomic mass is 35.5. The van der Waals surface area contributed by atoms with E-state index in [9.17, 15) is 19.3 Å². The van der Waals surface area contributed by atoms with Crippen molar-refractivity contribution in [1.29, 1.82) is 0 Å². The van der Waals surface area contributed by atoms with E-state index in [0.29, 0.717) is 54.7 Å². The standard InChI is InChI=1S/C19H23ClFN5O3/c1-12-18(26(28)29)13(2)25(22-12)14(3)19(27)24-9-7-23(8-10-24)11-15-16(20)5-4-6-17(15)21/h4-6,14H,7-11H2,1-3H3. The lowest BCUT2D eigenvalue weighted by Gasteiger charge is -2.36. The first-order valence-corrected chi connectivity index (χ1v) is 9.72. The van der Waals surface area contributed by atoms with Crippen molar-refractivity contribution in [2.75, 3.05) is 26.2 Å². The van der Waals surface area contributed by atoms with Gasteiger partial charge in [-0.2, -0.15) is 5.10 Å². The van der Waals surface area contributed by atoms with Gasteiger partial charge in [-0.1, -0.05) is 17.7 Å². The van der Waals surface area contributed by atoms with Crippen LogP contribution in [0, 0.1) is 29.8 Å². The molecule has 1 aromatic heterocycles. The predicted molar refractivity (Wildman–Crippen MR) is 106 cm³/mol. The molecular formula is C19H23ClFN5O3. The lowest BCUT2D eigenvalue weighted by molar-refractivity contribution is -0.386. The van der Waals surface area contributed by atoms with E-state index in [2.05, 4.69) is 5.10 Å². The van der Waals surface area contributed by atoms with Crippen molar-refractivity contribution in [1.82, 2.24) is 19.6 Å². The lowest BCUT2D eigenvalue weighted by atomic mass is 10.1. The summed E-state index contributed by atoms with van der Waals surface area (Å²) in [7, 11) is 0. The third kappa shape index (κ3) is 4.25. The van der Waals surface area contributed by atoms with Crippen LogP contribution in [0.25, 0.3) is 0 Å². The molecule has 1 atom stereocenters. The second kappa shape index (κ2) is 8.46. The van der Waals surface area contributed by atoms with Gasteiger partial charge in [0.1, 0.15) is 23.2 Å². The Labute approximate surface area is 173 Å². The summed E-state index contributed by atoms with van der Waals surface area (Å²) in [5, 5.41) is 15.8. The molecule has 10 heteroatoms. The molecule has 3 rings (SSSR count). The molecule has 1 amide bonds. The van der Waals surface area contributed by atoms with Gasteiger partial charge in [0, 0.05) is 43.3 Å². The van der Waals surface area contributed by atoms with Crippen molar-refractivity contribution in [3.63, 3.8) is 0 Å². The zero-order valence-electron chi connectivity index (χ0n) is 16.6. The zero-order chi connectivity index (χ0) is 21.3. The van der Waals surface area contributed by atoms with Crippen LogP contribution in [0.5, 0.6) is 0 Å². The number of carbonyl (C=O) groups is 1. The van der Waals surface area contributed by atoms with Crippen LogP contribution in [0.2, 0.25) is 5.02 Å². The van der Waals surface area contributed by atoms with Gasteiger partial charge in [-0.15, -0.1) is 0 Å². The third-order valence-electron chi connectivity index (χ3n) is 5.32. The van der Waals surface area contributed by atoms with Crippen molar-refractivity contribution < 1.29 is 14.1 Å². The van der Waals surface area contributed by atoms with E-state index in [-0.39, 0.29) is 17.4 Å². The smallest absolute Gasteiger partial charge is 0.312 e. The molecule has 1 saturated heterocycles. The number of hydrogen-bond donors (Lipinski definition) is 0. The first kappa shape index (κ1) is 21.2. The summed E-state index contributed by atoms with van der Waals surface area (Å²) < 4.78 is 15.4. The molecule has 0 N–H and O–H groups in total. The molecule has 0 radical (unpaired) electrons. The van der Waals surface area contributed by atoms with Crippen LogP contribution in [0.3, 0.4) is 0 Å². The van der Waals surface area contributed by atoms with Crippen molar-refractivity contribution in [2.24, 2.45) is 0 Å². The van der Waals surface area contributed by atoms with E-state index in [1.807, 2.05) is 4.90 Å². The average molecular weight is 424 g/mol. The van der Waals surface area contributed by atoms with Gasteiger partial charge < -0.3 is 4.90 Å². The Kier molecular flexibility index (Phi) is 6.18. The summed E-state index contributed by atoms with van der Waals surface area (Å²) >= 11 is 6.10. The topological polar surface area (TPSA) is 84.5 Å². The monoisotopic (exact) mass is 423 g/mol. The Morgan fingerprint density at radius 3 is 2.52 bits per heavy atom. The van der Waals surface area contributed by atoms with Gasteiger partial charge >= 0.3 is 5.69 Å². The Morgan fingerprint density at radius 2 is 1.97 bits per heavy atom. The molecule has 2 aromatic rings. The molecule has 2 heterocycles. The molecule has 0 saturated carbocycles. The van der Waals surface area contributed by atoms with E-state index in [4.69, 9.17) is 11.6 Å². The van der Waals surface area contributed by atoms with Gasteiger partial charge in [0.25, 0.3) is 0 Å². The molecule has 156 valence electrons. The van der Waals surface area contributed by atoms with Crippen LogP contribution >= 0.6 is 11.6 Å². The van der Waals surface area contributed by atoms with Crippen LogP contribution in [-0.2, 0) is 11.3 Å². The van der Waals surface area contributed by atoms with Gasteiger partial charge in [-0.3, -0.25) is 24.5 Å². The second-order valence-electron chi connectivity index (χ2n) is 7.20. The molecule has 1 aliphatic rings. The summed E-state index contributed by atoms with van der Waals surface area (Å²) in [4.78, 5) is 27.4. The highest BCUT2D eigenvalue weighted by molar-refractivity contribution is 6.31. The molecule has 0 aliphatic carbocycles. The quantitative estimate of drug-likeness (QED) is 0.545. The zero-order valence-corrected chi connectivity index (χ0v) is 17.3. The maximum atomic E-state index is 14.0. The minimum Gasteiger partial charge on any atom is -0.338 e. The van der Waals surface area contributed by atoms with Gasteiger partial charge in [0.05, 0.1) is 4.92 Å². The minimum atomic E-state index is -0.644. The molecule has 8 nitrogen and oxygen atoms in total. The van der Waals surface area contributed by atoms with Gasteiger partial charge in [0.2, 0.25) is 5.91 Å². The molecular weight excluding hydrogens is 401 g/mol. The first-order valence-electron chi connectivity index (χ1n) is 9.34. The van der Waals surface area contributed by atoms with E-state index >= 15 is 0 Å². The fourth-order valence-corrected chi connectivity index (χ4v) is 3.92. The predicted octanol–water partition coefficient (Wildman–Crippen LogP) is 3.11. The largest absolute Gasteiger partial charge is 0.338 e. The van der Waals surface area contributed by atoms with Crippen molar-refractivity contribution >= 4 is 23.2 Å². The van der Waals surface area contributed by atoms with Crippen molar-refractivity contribution in [3.05, 3.63) is 56.1 Å². The second-order valence-corrected chi connectivity index (χ2v) is 7.61. The summed E-state index contributed by atoms with van der Waals surface area (Å²) in [5.74, 6) is -0.482. The van der Waals surface area contributed by atoms with Crippen LogP contribution in [0.1, 0.15) is 29.9 Å². The lowest BCUT2D eigenvalue weighted by Crippen LogP contribution is -2.50. The molecule has 29 heavy (non-hydrogen) atoms. The molecule has 1 fully saturated rings. The summed E-state index contributed by atoms with van der Waals surface area (Å²) in [6.07, 6.45) is 0. The highest BCUT2D eigenvalue weighted by Gasteiger charge is 2.31. The Hall–Kier alpha value is -2.52. The number of rotatable bonds is 5. The number of aromatic nitrogens is 2. The maximum absolute atomic E-state index is 14.0. The number of amides is 1. The Morgan fingerprint density at radius 1 is 1.31 bits per heavy atom. The summed E-state index contributed by atoms with van der Waals surface area (Å²) in [5.41, 5.74) is 1.05. The van der Waals surface area contributed by atoms with E-state index in [1.165, 1.54) is 10.7 Å². The summed E-state index contributed by atoms with van der Waals surface area (Å²) in [6, 6.07) is 3.98. The highest BCUT2D eigenvalue weighted by Crippen LogP contribution is 2.26. The van der Waals surface area contributed by atoms with Gasteiger partial charge in [0.15, 0.2) is 0 Å². The normalized spacial score (nSPS) is 16.1. The van der Waals surface area contributed by atoms with Crippen LogP contribution in [0.4, 0.5) is 10.1 Å². The summed E-state index contributed by atoms with van der Waals surface area (Å²) in [6.45, 7) is 7.36. The number of aryl methyl sites for hydroxylation is 1. The molecule has 0 bridgehead atoms. The van der Waals surface area contributed by atoms with Crippen LogP contribution < -0.4 is 0 Å². The first-order chi connectivity index (χ1) is 13.7. The fourth-order valence-electron chi connectivity index (χ4n) is 3.70. The number of nitro groups is 1. The van der Waals surface area contributed by atoms with Gasteiger partial charge in [-0.05, 0) is 32.9 Å². The Bertz CT molecular complexity index is 920. The van der Waals surface area contributed by atoms with E-state index < -0.39 is 11.0 Å².